The summed E-state index contributed by atoms with van der Waals surface area (Å²) in [6.45, 7) is 5.38. The Morgan fingerprint density at radius 1 is 1.24 bits per heavy atom. The third-order valence-corrected chi connectivity index (χ3v) is 5.05. The van der Waals surface area contributed by atoms with Gasteiger partial charge in [-0.15, -0.1) is 0 Å². The zero-order valence-electron chi connectivity index (χ0n) is 15.2. The molecule has 1 aromatic heterocycles. The van der Waals surface area contributed by atoms with Crippen molar-refractivity contribution >= 4 is 17.3 Å². The lowest BCUT2D eigenvalue weighted by Crippen LogP contribution is -2.39. The molecule has 1 atom stereocenters. The molecule has 0 bridgehead atoms. The first-order valence-corrected chi connectivity index (χ1v) is 9.34. The van der Waals surface area contributed by atoms with Gasteiger partial charge in [-0.2, -0.15) is 0 Å². The first-order chi connectivity index (χ1) is 12.2. The van der Waals surface area contributed by atoms with Crippen LogP contribution in [0, 0.1) is 0 Å². The molecule has 3 rings (SSSR count). The molecule has 1 unspecified atom stereocenters. The molecule has 25 heavy (non-hydrogen) atoms. The summed E-state index contributed by atoms with van der Waals surface area (Å²) in [6, 6.07) is 12.4. The van der Waals surface area contributed by atoms with Crippen molar-refractivity contribution in [2.45, 2.75) is 52.0 Å². The van der Waals surface area contributed by atoms with Gasteiger partial charge in [-0.05, 0) is 55.9 Å². The van der Waals surface area contributed by atoms with E-state index in [1.807, 2.05) is 36.4 Å². The van der Waals surface area contributed by atoms with Crippen LogP contribution in [0.25, 0.3) is 0 Å². The lowest BCUT2D eigenvalue weighted by Gasteiger charge is -2.37. The zero-order chi connectivity index (χ0) is 17.6. The minimum Gasteiger partial charge on any atom is -0.368 e. The van der Waals surface area contributed by atoms with Crippen molar-refractivity contribution in [3.05, 3.63) is 53.9 Å². The van der Waals surface area contributed by atoms with Gasteiger partial charge in [-0.25, -0.2) is 0 Å². The first kappa shape index (κ1) is 17.5. The molecule has 1 aliphatic heterocycles. The minimum atomic E-state index is -0.146. The molecule has 1 fully saturated rings. The molecule has 2 aromatic rings. The predicted octanol–water partition coefficient (Wildman–Crippen LogP) is 4.67. The van der Waals surface area contributed by atoms with Crippen LogP contribution >= 0.6 is 0 Å². The third-order valence-electron chi connectivity index (χ3n) is 5.05. The molecule has 1 amide bonds. The molecule has 4 heteroatoms. The summed E-state index contributed by atoms with van der Waals surface area (Å²) >= 11 is 0. The summed E-state index contributed by atoms with van der Waals surface area (Å²) in [4.78, 5) is 19.4. The predicted molar refractivity (Wildman–Crippen MR) is 103 cm³/mol. The fraction of sp³-hybridized carbons (Fsp3) is 0.429. The zero-order valence-corrected chi connectivity index (χ0v) is 15.2. The molecule has 1 aliphatic rings. The topological polar surface area (TPSA) is 45.2 Å². The van der Waals surface area contributed by atoms with Crippen LogP contribution in [0.15, 0.2) is 42.6 Å². The van der Waals surface area contributed by atoms with E-state index in [4.69, 9.17) is 0 Å². The van der Waals surface area contributed by atoms with Crippen LogP contribution in [0.4, 0.5) is 11.4 Å². The highest BCUT2D eigenvalue weighted by molar-refractivity contribution is 6.03. The van der Waals surface area contributed by atoms with Crippen LogP contribution in [-0.4, -0.2) is 23.5 Å². The Balaban J connectivity index is 1.80. The first-order valence-electron chi connectivity index (χ1n) is 9.34. The van der Waals surface area contributed by atoms with Crippen molar-refractivity contribution in [3.63, 3.8) is 0 Å². The van der Waals surface area contributed by atoms with Crippen molar-refractivity contribution < 1.29 is 4.79 Å². The van der Waals surface area contributed by atoms with Crippen molar-refractivity contribution in [2.75, 3.05) is 16.8 Å². The smallest absolute Gasteiger partial charge is 0.274 e. The van der Waals surface area contributed by atoms with Gasteiger partial charge in [-0.1, -0.05) is 32.0 Å². The van der Waals surface area contributed by atoms with Gasteiger partial charge in [0, 0.05) is 30.2 Å². The second-order valence-corrected chi connectivity index (χ2v) is 6.62. The number of aryl methyl sites for hydroxylation is 1. The molecule has 0 saturated carbocycles. The van der Waals surface area contributed by atoms with Crippen LogP contribution in [-0.2, 0) is 6.42 Å². The largest absolute Gasteiger partial charge is 0.368 e. The van der Waals surface area contributed by atoms with E-state index in [-0.39, 0.29) is 5.91 Å². The number of piperidine rings is 1. The van der Waals surface area contributed by atoms with Crippen molar-refractivity contribution in [1.82, 2.24) is 4.98 Å². The number of para-hydroxylation sites is 1. The minimum absolute atomic E-state index is 0.146. The fourth-order valence-electron chi connectivity index (χ4n) is 3.62. The number of rotatable bonds is 5. The Morgan fingerprint density at radius 3 is 2.88 bits per heavy atom. The van der Waals surface area contributed by atoms with Gasteiger partial charge in [0.25, 0.3) is 5.91 Å². The Bertz CT molecular complexity index is 729. The average Bonchev–Trinajstić information content (AvgIpc) is 2.68. The van der Waals surface area contributed by atoms with E-state index >= 15 is 0 Å². The standard InChI is InChI=1S/C21H27N3O/c1-3-16-9-5-6-11-19(16)23-21(25)20-15-18(12-13-22-20)24-14-8-7-10-17(24)4-2/h5-6,9,11-13,15,17H,3-4,7-8,10,14H2,1-2H3,(H,23,25). The Kier molecular flexibility index (Phi) is 5.69. The molecule has 1 aromatic carbocycles. The normalized spacial score (nSPS) is 17.4. The van der Waals surface area contributed by atoms with Crippen LogP contribution < -0.4 is 10.2 Å². The number of pyridine rings is 1. The number of hydrogen-bond donors (Lipinski definition) is 1. The van der Waals surface area contributed by atoms with E-state index in [9.17, 15) is 4.79 Å². The third kappa shape index (κ3) is 4.01. The summed E-state index contributed by atoms with van der Waals surface area (Å²) in [5.41, 5.74) is 3.58. The maximum atomic E-state index is 12.7. The molecule has 4 nitrogen and oxygen atoms in total. The van der Waals surface area contributed by atoms with Crippen molar-refractivity contribution in [2.24, 2.45) is 0 Å². The molecule has 0 spiro atoms. The van der Waals surface area contributed by atoms with Crippen molar-refractivity contribution in [3.8, 4) is 0 Å². The number of carbonyl (C=O) groups is 1. The van der Waals surface area contributed by atoms with E-state index in [1.165, 1.54) is 19.3 Å². The molecule has 0 radical (unpaired) electrons. The monoisotopic (exact) mass is 337 g/mol. The SMILES string of the molecule is CCc1ccccc1NC(=O)c1cc(N2CCCCC2CC)ccn1. The van der Waals surface area contributed by atoms with E-state index < -0.39 is 0 Å². The molecule has 2 heterocycles. The second kappa shape index (κ2) is 8.15. The number of aromatic nitrogens is 1. The molecule has 1 saturated heterocycles. The van der Waals surface area contributed by atoms with Gasteiger partial charge < -0.3 is 10.2 Å². The van der Waals surface area contributed by atoms with Crippen molar-refractivity contribution in [1.29, 1.82) is 0 Å². The Labute approximate surface area is 150 Å². The summed E-state index contributed by atoms with van der Waals surface area (Å²) in [5.74, 6) is -0.146. The van der Waals surface area contributed by atoms with Crippen LogP contribution in [0.3, 0.4) is 0 Å². The van der Waals surface area contributed by atoms with E-state index in [2.05, 4.69) is 29.0 Å². The van der Waals surface area contributed by atoms with Gasteiger partial charge in [0.15, 0.2) is 0 Å². The molecule has 0 aliphatic carbocycles. The summed E-state index contributed by atoms with van der Waals surface area (Å²) < 4.78 is 0. The van der Waals surface area contributed by atoms with Gasteiger partial charge in [-0.3, -0.25) is 9.78 Å². The van der Waals surface area contributed by atoms with E-state index in [1.54, 1.807) is 6.20 Å². The summed E-state index contributed by atoms with van der Waals surface area (Å²) in [6.07, 6.45) is 7.50. The highest BCUT2D eigenvalue weighted by atomic mass is 16.1. The second-order valence-electron chi connectivity index (χ2n) is 6.62. The Hall–Kier alpha value is -2.36. The molecular formula is C21H27N3O. The highest BCUT2D eigenvalue weighted by Gasteiger charge is 2.22. The van der Waals surface area contributed by atoms with Gasteiger partial charge >= 0.3 is 0 Å². The number of anilines is 2. The quantitative estimate of drug-likeness (QED) is 0.862. The number of amides is 1. The van der Waals surface area contributed by atoms with Gasteiger partial charge in [0.2, 0.25) is 0 Å². The number of carbonyl (C=O) groups excluding carboxylic acids is 1. The highest BCUT2D eigenvalue weighted by Crippen LogP contribution is 2.27. The van der Waals surface area contributed by atoms with E-state index in [0.29, 0.717) is 11.7 Å². The number of nitrogens with zero attached hydrogens (tertiary/aromatic N) is 2. The number of hydrogen-bond acceptors (Lipinski definition) is 3. The molecular weight excluding hydrogens is 310 g/mol. The van der Waals surface area contributed by atoms with Crippen LogP contribution in [0.5, 0.6) is 0 Å². The Morgan fingerprint density at radius 2 is 2.08 bits per heavy atom. The maximum absolute atomic E-state index is 12.7. The maximum Gasteiger partial charge on any atom is 0.274 e. The fourth-order valence-corrected chi connectivity index (χ4v) is 3.62. The number of benzene rings is 1. The lowest BCUT2D eigenvalue weighted by atomic mass is 9.99. The summed E-state index contributed by atoms with van der Waals surface area (Å²) in [7, 11) is 0. The van der Waals surface area contributed by atoms with Gasteiger partial charge in [0.05, 0.1) is 0 Å². The average molecular weight is 337 g/mol. The summed E-state index contributed by atoms with van der Waals surface area (Å²) in [5, 5.41) is 3.01. The van der Waals surface area contributed by atoms with Crippen LogP contribution in [0.1, 0.15) is 55.6 Å². The van der Waals surface area contributed by atoms with Gasteiger partial charge in [0.1, 0.15) is 5.69 Å². The van der Waals surface area contributed by atoms with Crippen LogP contribution in [0.2, 0.25) is 0 Å². The number of nitrogens with one attached hydrogen (secondary N) is 1. The molecule has 132 valence electrons. The molecule has 1 N–H and O–H groups in total. The lowest BCUT2D eigenvalue weighted by molar-refractivity contribution is 0.102. The van der Waals surface area contributed by atoms with E-state index in [0.717, 1.165) is 36.3 Å².